The number of carbonyl (C=O) groups excluding carboxylic acids is 2. The molecule has 0 aromatic rings. The zero-order valence-corrected chi connectivity index (χ0v) is 13.8. The summed E-state index contributed by atoms with van der Waals surface area (Å²) in [5.74, 6) is -0.385. The van der Waals surface area contributed by atoms with Gasteiger partial charge in [-0.3, -0.25) is 9.59 Å². The molecule has 1 N–H and O–H groups in total. The lowest BCUT2D eigenvalue weighted by atomic mass is 9.77. The zero-order chi connectivity index (χ0) is 16.6. The number of aliphatic hydroxyl groups is 1. The third-order valence-corrected chi connectivity index (χ3v) is 4.06. The van der Waals surface area contributed by atoms with Crippen LogP contribution in [0.4, 0.5) is 0 Å². The molecule has 22 heavy (non-hydrogen) atoms. The highest BCUT2D eigenvalue weighted by Gasteiger charge is 2.31. The maximum Gasteiger partial charge on any atom is 0.305 e. The maximum atomic E-state index is 11.0. The van der Waals surface area contributed by atoms with E-state index in [0.717, 1.165) is 12.8 Å². The monoisotopic (exact) mass is 312 g/mol. The van der Waals surface area contributed by atoms with Crippen molar-refractivity contribution in [2.45, 2.75) is 77.6 Å². The Hall–Kier alpha value is -1.36. The lowest BCUT2D eigenvalue weighted by Crippen LogP contribution is -2.32. The molecule has 0 amide bonds. The number of hydrogen-bond acceptors (Lipinski definition) is 5. The minimum Gasteiger partial charge on any atom is -0.421 e. The van der Waals surface area contributed by atoms with Crippen molar-refractivity contribution in [1.29, 1.82) is 0 Å². The van der Waals surface area contributed by atoms with Crippen LogP contribution in [0.2, 0.25) is 0 Å². The van der Waals surface area contributed by atoms with Crippen molar-refractivity contribution >= 4 is 11.9 Å². The summed E-state index contributed by atoms with van der Waals surface area (Å²) in [6.45, 7) is 4.68. The Morgan fingerprint density at radius 1 is 1.23 bits per heavy atom. The van der Waals surface area contributed by atoms with Crippen molar-refractivity contribution in [2.24, 2.45) is 5.92 Å². The minimum atomic E-state index is -1.07. The Morgan fingerprint density at radius 3 is 2.23 bits per heavy atom. The van der Waals surface area contributed by atoms with Gasteiger partial charge in [-0.2, -0.15) is 0 Å². The van der Waals surface area contributed by atoms with Crippen molar-refractivity contribution in [3.8, 4) is 0 Å². The quantitative estimate of drug-likeness (QED) is 0.444. The Labute approximate surface area is 132 Å². The predicted molar refractivity (Wildman–Crippen MR) is 82.9 cm³/mol. The van der Waals surface area contributed by atoms with Gasteiger partial charge < -0.3 is 14.6 Å². The molecular formula is C17H28O5. The van der Waals surface area contributed by atoms with Gasteiger partial charge in [0, 0.05) is 13.8 Å². The lowest BCUT2D eigenvalue weighted by molar-refractivity contribution is -0.176. The van der Waals surface area contributed by atoms with Gasteiger partial charge in [0.1, 0.15) is 0 Å². The van der Waals surface area contributed by atoms with Crippen LogP contribution in [0.5, 0.6) is 0 Å². The molecule has 0 aromatic carbocycles. The summed E-state index contributed by atoms with van der Waals surface area (Å²) in [5.41, 5.74) is -0.902. The van der Waals surface area contributed by atoms with Gasteiger partial charge in [0.05, 0.1) is 5.60 Å². The fourth-order valence-electron chi connectivity index (χ4n) is 2.81. The van der Waals surface area contributed by atoms with Crippen LogP contribution < -0.4 is 0 Å². The van der Waals surface area contributed by atoms with Crippen LogP contribution in [0.25, 0.3) is 0 Å². The summed E-state index contributed by atoms with van der Waals surface area (Å²) < 4.78 is 9.78. The Kier molecular flexibility index (Phi) is 7.59. The van der Waals surface area contributed by atoms with Crippen LogP contribution in [-0.2, 0) is 19.1 Å². The van der Waals surface area contributed by atoms with Gasteiger partial charge in [0.2, 0.25) is 0 Å². The second-order valence-electron chi connectivity index (χ2n) is 6.14. The van der Waals surface area contributed by atoms with Crippen LogP contribution >= 0.6 is 0 Å². The molecule has 0 saturated heterocycles. The number of carbonyl (C=O) groups is 2. The average molecular weight is 312 g/mol. The molecule has 1 aliphatic carbocycles. The van der Waals surface area contributed by atoms with E-state index in [1.54, 1.807) is 6.08 Å². The van der Waals surface area contributed by atoms with Crippen LogP contribution in [0.15, 0.2) is 12.2 Å². The third kappa shape index (κ3) is 7.07. The third-order valence-electron chi connectivity index (χ3n) is 4.06. The molecule has 0 bridgehead atoms. The summed E-state index contributed by atoms with van der Waals surface area (Å²) >= 11 is 0. The van der Waals surface area contributed by atoms with Crippen LogP contribution in [0.3, 0.4) is 0 Å². The van der Waals surface area contributed by atoms with E-state index >= 15 is 0 Å². The topological polar surface area (TPSA) is 72.8 Å². The fraction of sp³-hybridized carbons (Fsp3) is 0.765. The molecule has 126 valence electrons. The summed E-state index contributed by atoms with van der Waals surface area (Å²) in [4.78, 5) is 22.0. The van der Waals surface area contributed by atoms with Gasteiger partial charge in [-0.1, -0.05) is 26.2 Å². The van der Waals surface area contributed by atoms with E-state index in [1.165, 1.54) is 39.2 Å². The Morgan fingerprint density at radius 2 is 1.77 bits per heavy atom. The van der Waals surface area contributed by atoms with Crippen molar-refractivity contribution in [2.75, 3.05) is 0 Å². The number of hydrogen-bond donors (Lipinski definition) is 1. The minimum absolute atomic E-state index is 0.536. The van der Waals surface area contributed by atoms with Crippen molar-refractivity contribution < 1.29 is 24.2 Å². The fourth-order valence-corrected chi connectivity index (χ4v) is 2.81. The molecular weight excluding hydrogens is 284 g/mol. The highest BCUT2D eigenvalue weighted by molar-refractivity contribution is 5.68. The van der Waals surface area contributed by atoms with E-state index in [-0.39, 0.29) is 0 Å². The van der Waals surface area contributed by atoms with E-state index in [0.29, 0.717) is 18.8 Å². The molecule has 0 spiro atoms. The first-order chi connectivity index (χ1) is 10.3. The Balaban J connectivity index is 2.55. The molecule has 0 aliphatic heterocycles. The number of unbranched alkanes of at least 4 members (excludes halogenated alkanes) is 1. The summed E-state index contributed by atoms with van der Waals surface area (Å²) in [6.07, 6.45) is 9.01. The van der Waals surface area contributed by atoms with Gasteiger partial charge in [0.15, 0.2) is 0 Å². The summed E-state index contributed by atoms with van der Waals surface area (Å²) in [6, 6.07) is 0. The number of ether oxygens (including phenoxy) is 2. The molecule has 1 aliphatic rings. The van der Waals surface area contributed by atoms with Crippen LogP contribution in [0, 0.1) is 5.92 Å². The molecule has 0 unspecified atom stereocenters. The average Bonchev–Trinajstić information content (AvgIpc) is 2.43. The van der Waals surface area contributed by atoms with E-state index in [9.17, 15) is 14.7 Å². The molecule has 0 atom stereocenters. The van der Waals surface area contributed by atoms with Gasteiger partial charge in [-0.15, -0.1) is 0 Å². The maximum absolute atomic E-state index is 11.0. The summed E-state index contributed by atoms with van der Waals surface area (Å²) in [7, 11) is 0. The van der Waals surface area contributed by atoms with Crippen LogP contribution in [-0.4, -0.2) is 28.9 Å². The normalized spacial score (nSPS) is 25.4. The van der Waals surface area contributed by atoms with Crippen molar-refractivity contribution in [1.82, 2.24) is 0 Å². The molecule has 5 heteroatoms. The van der Waals surface area contributed by atoms with E-state index in [2.05, 4.69) is 6.92 Å². The molecule has 0 aromatic heterocycles. The molecule has 1 saturated carbocycles. The van der Waals surface area contributed by atoms with E-state index in [1.807, 2.05) is 0 Å². The molecule has 0 heterocycles. The first-order valence-corrected chi connectivity index (χ1v) is 8.11. The first kappa shape index (κ1) is 18.7. The van der Waals surface area contributed by atoms with Gasteiger partial charge in [-0.05, 0) is 43.8 Å². The lowest BCUT2D eigenvalue weighted by Gasteiger charge is -2.34. The highest BCUT2D eigenvalue weighted by Crippen LogP contribution is 2.35. The first-order valence-electron chi connectivity index (χ1n) is 8.11. The molecule has 1 rings (SSSR count). The van der Waals surface area contributed by atoms with Gasteiger partial charge in [-0.25, -0.2) is 0 Å². The van der Waals surface area contributed by atoms with Crippen molar-refractivity contribution in [3.63, 3.8) is 0 Å². The number of esters is 2. The highest BCUT2D eigenvalue weighted by atomic mass is 16.7. The smallest absolute Gasteiger partial charge is 0.305 e. The molecule has 0 radical (unpaired) electrons. The van der Waals surface area contributed by atoms with Crippen LogP contribution in [0.1, 0.15) is 65.7 Å². The predicted octanol–water partition coefficient (Wildman–Crippen LogP) is 3.11. The zero-order valence-electron chi connectivity index (χ0n) is 13.8. The molecule has 5 nitrogen and oxygen atoms in total. The standard InChI is InChI=1S/C17H28O5/c1-4-5-6-15-7-10-17(20,11-8-15)12-9-16(21-13(2)18)22-14(3)19/h9,12,15-16,20H,4-8,10-11H2,1-3H3. The second-order valence-corrected chi connectivity index (χ2v) is 6.14. The van der Waals surface area contributed by atoms with Gasteiger partial charge in [0.25, 0.3) is 6.29 Å². The molecule has 1 fully saturated rings. The SMILES string of the molecule is CCCCC1CCC(O)(C=CC(OC(C)=O)OC(C)=O)CC1. The second kappa shape index (κ2) is 8.93. The largest absolute Gasteiger partial charge is 0.421 e. The number of rotatable bonds is 7. The van der Waals surface area contributed by atoms with E-state index < -0.39 is 23.8 Å². The summed E-state index contributed by atoms with van der Waals surface area (Å²) in [5, 5.41) is 10.6. The van der Waals surface area contributed by atoms with E-state index in [4.69, 9.17) is 9.47 Å². The van der Waals surface area contributed by atoms with Crippen molar-refractivity contribution in [3.05, 3.63) is 12.2 Å². The Bertz CT molecular complexity index is 378. The van der Waals surface area contributed by atoms with Gasteiger partial charge >= 0.3 is 11.9 Å².